The van der Waals surface area contributed by atoms with E-state index in [-0.39, 0.29) is 23.3 Å². The Hall–Kier alpha value is -3.00. The fourth-order valence-corrected chi connectivity index (χ4v) is 3.98. The number of anilines is 1. The van der Waals surface area contributed by atoms with Gasteiger partial charge in [-0.1, -0.05) is 0 Å². The van der Waals surface area contributed by atoms with Crippen molar-refractivity contribution in [2.75, 3.05) is 31.6 Å². The van der Waals surface area contributed by atoms with E-state index in [1.54, 1.807) is 25.1 Å². The van der Waals surface area contributed by atoms with Crippen LogP contribution in [0.3, 0.4) is 0 Å². The maximum atomic E-state index is 13.8. The number of benzene rings is 2. The number of carbonyl (C=O) groups excluding carboxylic acids is 2. The molecule has 1 atom stereocenters. The summed E-state index contributed by atoms with van der Waals surface area (Å²) in [5, 5.41) is 2.51. The minimum absolute atomic E-state index is 0.0538. The summed E-state index contributed by atoms with van der Waals surface area (Å²) in [5.41, 5.74) is 0.544. The summed E-state index contributed by atoms with van der Waals surface area (Å²) < 4.78 is 37.9. The van der Waals surface area contributed by atoms with Crippen LogP contribution in [-0.4, -0.2) is 48.9 Å². The third kappa shape index (κ3) is 4.69. The number of amides is 1. The number of likely N-dealkylation sites (tertiary alicyclic amines) is 1. The molecule has 1 N–H and O–H groups in total. The molecule has 1 amide bonds. The van der Waals surface area contributed by atoms with Crippen molar-refractivity contribution in [3.63, 3.8) is 0 Å². The van der Waals surface area contributed by atoms with E-state index < -0.39 is 17.7 Å². The van der Waals surface area contributed by atoms with Crippen LogP contribution >= 0.6 is 0 Å². The summed E-state index contributed by atoms with van der Waals surface area (Å²) in [5.74, 6) is -0.728. The van der Waals surface area contributed by atoms with Gasteiger partial charge in [-0.2, -0.15) is 0 Å². The average molecular weight is 430 g/mol. The summed E-state index contributed by atoms with van der Waals surface area (Å²) in [4.78, 5) is 27.4. The highest BCUT2D eigenvalue weighted by Crippen LogP contribution is 2.32. The summed E-state index contributed by atoms with van der Waals surface area (Å²) in [6.45, 7) is 3.84. The molecule has 6 nitrogen and oxygen atoms in total. The fraction of sp³-hybridized carbons (Fsp3) is 0.391. The van der Waals surface area contributed by atoms with Crippen molar-refractivity contribution in [2.45, 2.75) is 25.8 Å². The van der Waals surface area contributed by atoms with Crippen LogP contribution in [0.2, 0.25) is 0 Å². The van der Waals surface area contributed by atoms with Gasteiger partial charge in [0.05, 0.1) is 11.7 Å². The lowest BCUT2D eigenvalue weighted by Gasteiger charge is -2.34. The molecule has 1 saturated heterocycles. The highest BCUT2D eigenvalue weighted by Gasteiger charge is 2.31. The number of rotatable bonds is 5. The van der Waals surface area contributed by atoms with Crippen LogP contribution < -0.4 is 14.8 Å². The third-order valence-electron chi connectivity index (χ3n) is 5.84. The van der Waals surface area contributed by atoms with E-state index in [2.05, 4.69) is 5.32 Å². The first kappa shape index (κ1) is 21.2. The molecule has 31 heavy (non-hydrogen) atoms. The number of ether oxygens (including phenoxy) is 2. The Labute approximate surface area is 179 Å². The Balaban J connectivity index is 1.33. The van der Waals surface area contributed by atoms with Crippen molar-refractivity contribution >= 4 is 17.4 Å². The molecule has 4 rings (SSSR count). The lowest BCUT2D eigenvalue weighted by molar-refractivity contribution is -0.121. The smallest absolute Gasteiger partial charge is 0.241 e. The first-order valence-electron chi connectivity index (χ1n) is 10.4. The molecule has 0 aromatic heterocycles. The molecule has 2 heterocycles. The Morgan fingerprint density at radius 1 is 1.03 bits per heavy atom. The number of nitrogens with one attached hydrogen (secondary N) is 1. The second kappa shape index (κ2) is 9.01. The van der Waals surface area contributed by atoms with E-state index in [9.17, 15) is 18.4 Å². The van der Waals surface area contributed by atoms with Crippen molar-refractivity contribution < 1.29 is 27.8 Å². The van der Waals surface area contributed by atoms with Gasteiger partial charge in [0, 0.05) is 17.5 Å². The van der Waals surface area contributed by atoms with Crippen LogP contribution in [0.5, 0.6) is 11.5 Å². The minimum atomic E-state index is -0.815. The van der Waals surface area contributed by atoms with Crippen LogP contribution in [0.25, 0.3) is 0 Å². The molecule has 0 saturated carbocycles. The SMILES string of the molecule is CC(C(=O)Nc1ccc(F)cc1F)N1CCC(C(=O)c2ccc3c(c2)OCCO3)CC1. The number of nitrogens with zero attached hydrogens (tertiary/aromatic N) is 1. The molecule has 2 aliphatic heterocycles. The Morgan fingerprint density at radius 2 is 1.74 bits per heavy atom. The topological polar surface area (TPSA) is 67.9 Å². The molecule has 0 spiro atoms. The van der Waals surface area contributed by atoms with E-state index in [1.165, 1.54) is 6.07 Å². The van der Waals surface area contributed by atoms with Crippen LogP contribution in [0.4, 0.5) is 14.5 Å². The molecule has 164 valence electrons. The number of ketones is 1. The summed E-state index contributed by atoms with van der Waals surface area (Å²) in [6.07, 6.45) is 1.24. The maximum absolute atomic E-state index is 13.8. The molecule has 1 fully saturated rings. The van der Waals surface area contributed by atoms with Gasteiger partial charge in [-0.05, 0) is 63.2 Å². The van der Waals surface area contributed by atoms with Gasteiger partial charge in [-0.3, -0.25) is 14.5 Å². The van der Waals surface area contributed by atoms with Gasteiger partial charge in [0.25, 0.3) is 0 Å². The first-order valence-corrected chi connectivity index (χ1v) is 10.4. The lowest BCUT2D eigenvalue weighted by atomic mass is 9.88. The Bertz CT molecular complexity index is 990. The third-order valence-corrected chi connectivity index (χ3v) is 5.84. The van der Waals surface area contributed by atoms with Crippen molar-refractivity contribution in [1.82, 2.24) is 4.90 Å². The van der Waals surface area contributed by atoms with Crippen molar-refractivity contribution in [3.05, 3.63) is 53.6 Å². The highest BCUT2D eigenvalue weighted by molar-refractivity contribution is 5.98. The normalized spacial score (nSPS) is 17.8. The van der Waals surface area contributed by atoms with Gasteiger partial charge >= 0.3 is 0 Å². The van der Waals surface area contributed by atoms with Gasteiger partial charge in [0.2, 0.25) is 5.91 Å². The maximum Gasteiger partial charge on any atom is 0.241 e. The standard InChI is InChI=1S/C23H24F2N2O4/c1-14(23(29)26-19-4-3-17(24)13-18(19)25)27-8-6-15(7-9-27)22(28)16-2-5-20-21(12-16)31-11-10-30-20/h2-5,12-15H,6-11H2,1H3,(H,26,29). The van der Waals surface area contributed by atoms with E-state index in [1.807, 2.05) is 4.90 Å². The van der Waals surface area contributed by atoms with Crippen molar-refractivity contribution in [2.24, 2.45) is 5.92 Å². The number of carbonyl (C=O) groups is 2. The molecule has 1 unspecified atom stereocenters. The second-order valence-corrected chi connectivity index (χ2v) is 7.82. The predicted octanol–water partition coefficient (Wildman–Crippen LogP) is 3.66. The quantitative estimate of drug-likeness (QED) is 0.734. The molecule has 2 aromatic rings. The monoisotopic (exact) mass is 430 g/mol. The van der Waals surface area contributed by atoms with Gasteiger partial charge in [0.15, 0.2) is 17.3 Å². The average Bonchev–Trinajstić information content (AvgIpc) is 2.79. The summed E-state index contributed by atoms with van der Waals surface area (Å²) in [7, 11) is 0. The number of fused-ring (bicyclic) bond motifs is 1. The molecule has 0 aliphatic carbocycles. The zero-order chi connectivity index (χ0) is 22.0. The van der Waals surface area contributed by atoms with Crippen LogP contribution in [0, 0.1) is 17.6 Å². The highest BCUT2D eigenvalue weighted by atomic mass is 19.1. The molecule has 2 aliphatic rings. The number of hydrogen-bond donors (Lipinski definition) is 1. The van der Waals surface area contributed by atoms with Crippen molar-refractivity contribution in [1.29, 1.82) is 0 Å². The second-order valence-electron chi connectivity index (χ2n) is 7.82. The number of piperidine rings is 1. The summed E-state index contributed by atoms with van der Waals surface area (Å²) in [6, 6.07) is 7.78. The molecule has 8 heteroatoms. The Morgan fingerprint density at radius 3 is 2.45 bits per heavy atom. The van der Waals surface area contributed by atoms with E-state index in [0.29, 0.717) is 56.2 Å². The van der Waals surface area contributed by atoms with Gasteiger partial charge < -0.3 is 14.8 Å². The van der Waals surface area contributed by atoms with Gasteiger partial charge in [0.1, 0.15) is 24.8 Å². The number of hydrogen-bond acceptors (Lipinski definition) is 5. The van der Waals surface area contributed by atoms with Crippen LogP contribution in [0.1, 0.15) is 30.1 Å². The predicted molar refractivity (Wildman–Crippen MR) is 111 cm³/mol. The minimum Gasteiger partial charge on any atom is -0.486 e. The summed E-state index contributed by atoms with van der Waals surface area (Å²) >= 11 is 0. The molecule has 0 radical (unpaired) electrons. The lowest BCUT2D eigenvalue weighted by Crippen LogP contribution is -2.47. The van der Waals surface area contributed by atoms with Crippen LogP contribution in [0.15, 0.2) is 36.4 Å². The molecular formula is C23H24F2N2O4. The Kier molecular flexibility index (Phi) is 6.18. The molecular weight excluding hydrogens is 406 g/mol. The number of halogens is 2. The fourth-order valence-electron chi connectivity index (χ4n) is 3.98. The molecule has 2 aromatic carbocycles. The van der Waals surface area contributed by atoms with E-state index in [0.717, 1.165) is 12.1 Å². The van der Waals surface area contributed by atoms with Crippen molar-refractivity contribution in [3.8, 4) is 11.5 Å². The van der Waals surface area contributed by atoms with Gasteiger partial charge in [-0.25, -0.2) is 8.78 Å². The zero-order valence-corrected chi connectivity index (χ0v) is 17.2. The van der Waals surface area contributed by atoms with Gasteiger partial charge in [-0.15, -0.1) is 0 Å². The largest absolute Gasteiger partial charge is 0.486 e. The zero-order valence-electron chi connectivity index (χ0n) is 17.2. The van der Waals surface area contributed by atoms with E-state index in [4.69, 9.17) is 9.47 Å². The molecule has 0 bridgehead atoms. The van der Waals surface area contributed by atoms with E-state index >= 15 is 0 Å². The van der Waals surface area contributed by atoms with Crippen LogP contribution in [-0.2, 0) is 4.79 Å². The first-order chi connectivity index (χ1) is 14.9. The number of Topliss-reactive ketones (excluding diaryl/α,β-unsaturated/α-hetero) is 1.